The molecule has 1 aromatic heterocycles. The third-order valence-electron chi connectivity index (χ3n) is 4.76. The van der Waals surface area contributed by atoms with Crippen molar-refractivity contribution >= 4 is 28.6 Å². The lowest BCUT2D eigenvalue weighted by atomic mass is 10.0. The minimum Gasteiger partial charge on any atom is -0.481 e. The van der Waals surface area contributed by atoms with Crippen LogP contribution in [-0.4, -0.2) is 26.5 Å². The SMILES string of the molecule is O=C(O)CC(c1ccccc1)n1cnc2cc(C(=O)Nc3ccccc3)ccc21. The lowest BCUT2D eigenvalue weighted by molar-refractivity contribution is -0.137. The molecule has 0 radical (unpaired) electrons. The van der Waals surface area contributed by atoms with Gasteiger partial charge in [0.2, 0.25) is 0 Å². The second-order valence-corrected chi connectivity index (χ2v) is 6.70. The van der Waals surface area contributed by atoms with Gasteiger partial charge in [0, 0.05) is 11.3 Å². The highest BCUT2D eigenvalue weighted by Crippen LogP contribution is 2.27. The van der Waals surface area contributed by atoms with E-state index in [2.05, 4.69) is 10.3 Å². The van der Waals surface area contributed by atoms with Crippen molar-refractivity contribution in [2.75, 3.05) is 5.32 Å². The minimum atomic E-state index is -0.889. The van der Waals surface area contributed by atoms with Crippen molar-refractivity contribution < 1.29 is 14.7 Å². The Hall–Kier alpha value is -3.93. The number of fused-ring (bicyclic) bond motifs is 1. The number of nitrogens with zero attached hydrogens (tertiary/aromatic N) is 2. The van der Waals surface area contributed by atoms with E-state index in [1.165, 1.54) is 0 Å². The van der Waals surface area contributed by atoms with Crippen molar-refractivity contribution in [1.29, 1.82) is 0 Å². The normalized spacial score (nSPS) is 11.9. The Labute approximate surface area is 167 Å². The Kier molecular flexibility index (Phi) is 5.07. The first kappa shape index (κ1) is 18.4. The summed E-state index contributed by atoms with van der Waals surface area (Å²) in [5.74, 6) is -1.11. The van der Waals surface area contributed by atoms with Crippen molar-refractivity contribution in [1.82, 2.24) is 9.55 Å². The summed E-state index contributed by atoms with van der Waals surface area (Å²) in [6.45, 7) is 0. The number of nitrogens with one attached hydrogen (secondary N) is 1. The third-order valence-corrected chi connectivity index (χ3v) is 4.76. The second kappa shape index (κ2) is 7.98. The molecule has 0 aliphatic carbocycles. The summed E-state index contributed by atoms with van der Waals surface area (Å²) < 4.78 is 1.84. The van der Waals surface area contributed by atoms with E-state index >= 15 is 0 Å². The van der Waals surface area contributed by atoms with Crippen molar-refractivity contribution in [3.05, 3.63) is 96.3 Å². The highest BCUT2D eigenvalue weighted by atomic mass is 16.4. The van der Waals surface area contributed by atoms with Crippen molar-refractivity contribution in [3.8, 4) is 0 Å². The van der Waals surface area contributed by atoms with E-state index in [9.17, 15) is 14.7 Å². The lowest BCUT2D eigenvalue weighted by Gasteiger charge is -2.18. The molecule has 4 rings (SSSR count). The van der Waals surface area contributed by atoms with Crippen molar-refractivity contribution in [2.45, 2.75) is 12.5 Å². The summed E-state index contributed by atoms with van der Waals surface area (Å²) in [5.41, 5.74) is 3.50. The van der Waals surface area contributed by atoms with E-state index in [1.54, 1.807) is 24.5 Å². The van der Waals surface area contributed by atoms with Gasteiger partial charge in [-0.05, 0) is 35.9 Å². The van der Waals surface area contributed by atoms with Crippen LogP contribution in [-0.2, 0) is 4.79 Å². The van der Waals surface area contributed by atoms with Crippen molar-refractivity contribution in [2.24, 2.45) is 0 Å². The van der Waals surface area contributed by atoms with E-state index < -0.39 is 5.97 Å². The summed E-state index contributed by atoms with van der Waals surface area (Å²) >= 11 is 0. The second-order valence-electron chi connectivity index (χ2n) is 6.70. The Balaban J connectivity index is 1.67. The van der Waals surface area contributed by atoms with Crippen molar-refractivity contribution in [3.63, 3.8) is 0 Å². The number of carboxylic acid groups (broad SMARTS) is 1. The molecule has 29 heavy (non-hydrogen) atoms. The van der Waals surface area contributed by atoms with Gasteiger partial charge in [0.15, 0.2) is 0 Å². The average Bonchev–Trinajstić information content (AvgIpc) is 3.16. The highest BCUT2D eigenvalue weighted by molar-refractivity contribution is 6.05. The van der Waals surface area contributed by atoms with Gasteiger partial charge in [-0.3, -0.25) is 9.59 Å². The standard InChI is InChI=1S/C23H19N3O3/c27-22(28)14-21(16-7-3-1-4-8-16)26-15-24-19-13-17(11-12-20(19)26)23(29)25-18-9-5-2-6-10-18/h1-13,15,21H,14H2,(H,25,29)(H,27,28). The van der Waals surface area contributed by atoms with Crippen LogP contribution in [0.1, 0.15) is 28.4 Å². The topological polar surface area (TPSA) is 84.2 Å². The van der Waals surface area contributed by atoms with Gasteiger partial charge in [-0.15, -0.1) is 0 Å². The molecule has 0 saturated heterocycles. The van der Waals surface area contributed by atoms with Crippen LogP contribution >= 0.6 is 0 Å². The molecule has 144 valence electrons. The fourth-order valence-electron chi connectivity index (χ4n) is 3.36. The van der Waals surface area contributed by atoms with Crippen LogP contribution in [0, 0.1) is 0 Å². The quantitative estimate of drug-likeness (QED) is 0.517. The zero-order valence-electron chi connectivity index (χ0n) is 15.5. The number of amides is 1. The molecule has 1 atom stereocenters. The zero-order valence-corrected chi connectivity index (χ0v) is 15.5. The molecule has 0 aliphatic rings. The first-order valence-electron chi connectivity index (χ1n) is 9.21. The predicted molar refractivity (Wildman–Crippen MR) is 111 cm³/mol. The summed E-state index contributed by atoms with van der Waals surface area (Å²) in [4.78, 5) is 28.4. The monoisotopic (exact) mass is 385 g/mol. The lowest BCUT2D eigenvalue weighted by Crippen LogP contribution is -2.14. The van der Waals surface area contributed by atoms with Gasteiger partial charge in [0.1, 0.15) is 0 Å². The van der Waals surface area contributed by atoms with Gasteiger partial charge in [0.25, 0.3) is 5.91 Å². The van der Waals surface area contributed by atoms with Gasteiger partial charge < -0.3 is 15.0 Å². The number of benzene rings is 3. The summed E-state index contributed by atoms with van der Waals surface area (Å²) in [6.07, 6.45) is 1.57. The molecule has 0 bridgehead atoms. The van der Waals surface area contributed by atoms with E-state index in [1.807, 2.05) is 65.2 Å². The molecule has 1 unspecified atom stereocenters. The first-order valence-corrected chi connectivity index (χ1v) is 9.21. The van der Waals surface area contributed by atoms with E-state index in [-0.39, 0.29) is 18.4 Å². The molecule has 1 heterocycles. The Morgan fingerprint density at radius 1 is 0.966 bits per heavy atom. The number of carbonyl (C=O) groups is 2. The summed E-state index contributed by atoms with van der Waals surface area (Å²) in [7, 11) is 0. The Morgan fingerprint density at radius 2 is 1.66 bits per heavy atom. The van der Waals surface area contributed by atoms with Crippen LogP contribution in [0.15, 0.2) is 85.2 Å². The number of aliphatic carboxylic acids is 1. The zero-order chi connectivity index (χ0) is 20.2. The molecule has 6 heteroatoms. The molecule has 3 aromatic carbocycles. The largest absolute Gasteiger partial charge is 0.481 e. The average molecular weight is 385 g/mol. The molecule has 0 spiro atoms. The van der Waals surface area contributed by atoms with Gasteiger partial charge >= 0.3 is 5.97 Å². The van der Waals surface area contributed by atoms with Crippen LogP contribution in [0.3, 0.4) is 0 Å². The highest BCUT2D eigenvalue weighted by Gasteiger charge is 2.20. The number of rotatable bonds is 6. The summed E-state index contributed by atoms with van der Waals surface area (Å²) in [6, 6.07) is 23.6. The molecular formula is C23H19N3O3. The number of hydrogen-bond acceptors (Lipinski definition) is 3. The van der Waals surface area contributed by atoms with Crippen LogP contribution in [0.2, 0.25) is 0 Å². The molecule has 6 nitrogen and oxygen atoms in total. The number of anilines is 1. The third kappa shape index (κ3) is 4.01. The number of para-hydroxylation sites is 1. The van der Waals surface area contributed by atoms with Crippen LogP contribution in [0.4, 0.5) is 5.69 Å². The van der Waals surface area contributed by atoms with Crippen LogP contribution < -0.4 is 5.32 Å². The van der Waals surface area contributed by atoms with E-state index in [4.69, 9.17) is 0 Å². The number of imidazole rings is 1. The molecule has 2 N–H and O–H groups in total. The van der Waals surface area contributed by atoms with E-state index in [0.29, 0.717) is 16.8 Å². The molecular weight excluding hydrogens is 366 g/mol. The molecule has 0 saturated carbocycles. The van der Waals surface area contributed by atoms with Gasteiger partial charge in [-0.2, -0.15) is 0 Å². The molecule has 1 amide bonds. The molecule has 4 aromatic rings. The predicted octanol–water partition coefficient (Wildman–Crippen LogP) is 4.35. The van der Waals surface area contributed by atoms with Gasteiger partial charge in [-0.1, -0.05) is 48.5 Å². The maximum Gasteiger partial charge on any atom is 0.305 e. The molecule has 0 fully saturated rings. The van der Waals surface area contributed by atoms with Gasteiger partial charge in [0.05, 0.1) is 29.8 Å². The maximum absolute atomic E-state index is 12.5. The fourth-order valence-corrected chi connectivity index (χ4v) is 3.36. The number of carboxylic acids is 1. The van der Waals surface area contributed by atoms with Crippen LogP contribution in [0.25, 0.3) is 11.0 Å². The molecule has 0 aliphatic heterocycles. The van der Waals surface area contributed by atoms with Crippen LogP contribution in [0.5, 0.6) is 0 Å². The first-order chi connectivity index (χ1) is 14.1. The minimum absolute atomic E-state index is 0.0638. The fraction of sp³-hybridized carbons (Fsp3) is 0.0870. The Bertz CT molecular complexity index is 1150. The smallest absolute Gasteiger partial charge is 0.305 e. The van der Waals surface area contributed by atoms with E-state index in [0.717, 1.165) is 11.1 Å². The van der Waals surface area contributed by atoms with Gasteiger partial charge in [-0.25, -0.2) is 4.98 Å². The summed E-state index contributed by atoms with van der Waals surface area (Å²) in [5, 5.41) is 12.2. The maximum atomic E-state index is 12.5. The number of aromatic nitrogens is 2. The number of hydrogen-bond donors (Lipinski definition) is 2. The number of carbonyl (C=O) groups excluding carboxylic acids is 1. The Morgan fingerprint density at radius 3 is 2.34 bits per heavy atom.